The number of aliphatic hydroxyl groups excluding tert-OH is 1. The van der Waals surface area contributed by atoms with E-state index in [4.69, 9.17) is 27.6 Å². The fourth-order valence-corrected chi connectivity index (χ4v) is 5.72. The van der Waals surface area contributed by atoms with Gasteiger partial charge in [0.1, 0.15) is 6.10 Å². The number of hydrogen-bond donors (Lipinski definition) is 1. The van der Waals surface area contributed by atoms with Gasteiger partial charge in [0.2, 0.25) is 0 Å². The highest BCUT2D eigenvalue weighted by Gasteiger charge is 2.36. The molecule has 212 valence electrons. The first-order valence-corrected chi connectivity index (χ1v) is 16.8. The molecule has 10 heteroatoms. The summed E-state index contributed by atoms with van der Waals surface area (Å²) in [7, 11) is -0.364. The van der Waals surface area contributed by atoms with E-state index in [2.05, 4.69) is 38.8 Å². The predicted molar refractivity (Wildman–Crippen MR) is 165 cm³/mol. The number of halogens is 2. The lowest BCUT2D eigenvalue weighted by molar-refractivity contribution is 0.222. The van der Waals surface area contributed by atoms with E-state index in [1.165, 1.54) is 15.3 Å². The maximum atomic E-state index is 14.0. The number of aryl methyl sites for hydroxylation is 1. The van der Waals surface area contributed by atoms with E-state index in [0.717, 1.165) is 0 Å². The van der Waals surface area contributed by atoms with Crippen LogP contribution in [0, 0.1) is 0 Å². The van der Waals surface area contributed by atoms with Crippen LogP contribution in [-0.2, 0) is 18.0 Å². The zero-order valence-corrected chi connectivity index (χ0v) is 26.2. The summed E-state index contributed by atoms with van der Waals surface area (Å²) in [5, 5.41) is 13.0. The number of fused-ring (bicyclic) bond motifs is 1. The number of rotatable bonds is 8. The smallest absolute Gasteiger partial charge is 0.331 e. The first kappa shape index (κ1) is 30.2. The summed E-state index contributed by atoms with van der Waals surface area (Å²) in [5.74, 6) is 0. The Hall–Kier alpha value is -2.75. The molecule has 0 aliphatic heterocycles. The van der Waals surface area contributed by atoms with Gasteiger partial charge in [-0.15, -0.1) is 0 Å². The van der Waals surface area contributed by atoms with E-state index < -0.39 is 25.7 Å². The first-order valence-electron chi connectivity index (χ1n) is 13.2. The second kappa shape index (κ2) is 11.6. The van der Waals surface area contributed by atoms with Crippen molar-refractivity contribution in [3.8, 4) is 11.3 Å². The van der Waals surface area contributed by atoms with Crippen LogP contribution in [0.2, 0.25) is 28.2 Å². The quantitative estimate of drug-likeness (QED) is 0.183. The molecule has 4 aromatic rings. The number of aliphatic hydroxyl groups is 1. The number of nitrogens with zero attached hydrogens (tertiary/aromatic N) is 3. The fraction of sp³-hybridized carbons (Fsp3) is 0.367. The monoisotopic (exact) mass is 599 g/mol. The Balaban J connectivity index is 1.87. The molecule has 0 saturated heterocycles. The van der Waals surface area contributed by atoms with Crippen molar-refractivity contribution in [1.82, 2.24) is 14.1 Å². The Morgan fingerprint density at radius 2 is 1.57 bits per heavy atom. The minimum Gasteiger partial charge on any atom is -0.417 e. The molecule has 1 N–H and O–H groups in total. The average Bonchev–Trinajstić information content (AvgIpc) is 2.90. The molecule has 2 aromatic heterocycles. The summed E-state index contributed by atoms with van der Waals surface area (Å²) in [6, 6.07) is 13.8. The number of hydrogen-bond acceptors (Lipinski definition) is 5. The van der Waals surface area contributed by atoms with Crippen molar-refractivity contribution in [2.75, 3.05) is 6.61 Å². The zero-order valence-electron chi connectivity index (χ0n) is 23.7. The summed E-state index contributed by atoms with van der Waals surface area (Å²) >= 11 is 12.2. The summed E-state index contributed by atoms with van der Waals surface area (Å²) in [6.45, 7) is 11.5. The molecule has 40 heavy (non-hydrogen) atoms. The van der Waals surface area contributed by atoms with Gasteiger partial charge < -0.3 is 9.53 Å². The summed E-state index contributed by atoms with van der Waals surface area (Å²) in [6.07, 6.45) is 0.794. The standard InChI is InChI=1S/C30H35Cl2N3O4Si/c1-30(2,3)40(5,6)39-17-7-16-35-28(37)24-23(34(4)29(35)38)18-33-26(19-8-12-21(31)13-9-19)25(24)27(36)20-10-14-22(32)15-11-20/h8-15,18,27,36H,7,16-17H2,1-6H3. The molecule has 0 bridgehead atoms. The largest absolute Gasteiger partial charge is 0.417 e. The van der Waals surface area contributed by atoms with E-state index in [0.29, 0.717) is 51.0 Å². The SMILES string of the molecule is Cn1c(=O)n(CCCO[Si](C)(C)C(C)(C)C)c(=O)c2c(C(O)c3ccc(Cl)cc3)c(-c3ccc(Cl)cc3)ncc21. The second-order valence-electron chi connectivity index (χ2n) is 11.5. The average molecular weight is 601 g/mol. The van der Waals surface area contributed by atoms with Crippen LogP contribution in [-0.4, -0.2) is 34.1 Å². The van der Waals surface area contributed by atoms with Crippen molar-refractivity contribution in [2.24, 2.45) is 7.05 Å². The topological polar surface area (TPSA) is 86.3 Å². The van der Waals surface area contributed by atoms with Crippen LogP contribution < -0.4 is 11.2 Å². The maximum absolute atomic E-state index is 14.0. The molecule has 0 aliphatic carbocycles. The van der Waals surface area contributed by atoms with Gasteiger partial charge in [0.25, 0.3) is 5.56 Å². The van der Waals surface area contributed by atoms with Gasteiger partial charge in [-0.25, -0.2) is 4.79 Å². The van der Waals surface area contributed by atoms with Crippen molar-refractivity contribution in [3.05, 3.63) is 96.7 Å². The lowest BCUT2D eigenvalue weighted by Gasteiger charge is -2.36. The summed E-state index contributed by atoms with van der Waals surface area (Å²) < 4.78 is 8.90. The lowest BCUT2D eigenvalue weighted by atomic mass is 9.93. The summed E-state index contributed by atoms with van der Waals surface area (Å²) in [5.41, 5.74) is 1.37. The van der Waals surface area contributed by atoms with E-state index in [1.807, 2.05) is 0 Å². The molecule has 1 unspecified atom stereocenters. The fourth-order valence-electron chi connectivity index (χ4n) is 4.38. The molecule has 2 aromatic carbocycles. The maximum Gasteiger partial charge on any atom is 0.331 e. The van der Waals surface area contributed by atoms with Crippen molar-refractivity contribution < 1.29 is 9.53 Å². The van der Waals surface area contributed by atoms with E-state index in [1.54, 1.807) is 55.6 Å². The van der Waals surface area contributed by atoms with E-state index in [9.17, 15) is 14.7 Å². The summed E-state index contributed by atoms with van der Waals surface area (Å²) in [4.78, 5) is 32.0. The third kappa shape index (κ3) is 5.97. The zero-order chi connectivity index (χ0) is 29.4. The molecule has 4 rings (SSSR count). The van der Waals surface area contributed by atoms with Crippen molar-refractivity contribution in [3.63, 3.8) is 0 Å². The highest BCUT2D eigenvalue weighted by molar-refractivity contribution is 6.74. The predicted octanol–water partition coefficient (Wildman–Crippen LogP) is 6.56. The van der Waals surface area contributed by atoms with Gasteiger partial charge in [0.05, 0.1) is 22.8 Å². The molecule has 0 radical (unpaired) electrons. The van der Waals surface area contributed by atoms with Crippen LogP contribution in [0.1, 0.15) is 44.4 Å². The highest BCUT2D eigenvalue weighted by atomic mass is 35.5. The molecule has 0 fully saturated rings. The Morgan fingerprint density at radius 3 is 2.15 bits per heavy atom. The number of pyridine rings is 1. The first-order chi connectivity index (χ1) is 18.7. The van der Waals surface area contributed by atoms with Crippen LogP contribution in [0.3, 0.4) is 0 Å². The Bertz CT molecular complexity index is 1640. The highest BCUT2D eigenvalue weighted by Crippen LogP contribution is 2.37. The van der Waals surface area contributed by atoms with Crippen LogP contribution >= 0.6 is 23.2 Å². The van der Waals surface area contributed by atoms with Gasteiger partial charge in [0, 0.05) is 41.4 Å². The van der Waals surface area contributed by atoms with Gasteiger partial charge in [0.15, 0.2) is 8.32 Å². The molecule has 1 atom stereocenters. The number of aromatic nitrogens is 3. The minimum atomic E-state index is -1.97. The van der Waals surface area contributed by atoms with Gasteiger partial charge in [-0.3, -0.25) is 18.9 Å². The minimum absolute atomic E-state index is 0.0562. The second-order valence-corrected chi connectivity index (χ2v) is 17.2. The molecule has 0 spiro atoms. The molecule has 2 heterocycles. The molecular formula is C30H35Cl2N3O4Si. The van der Waals surface area contributed by atoms with Gasteiger partial charge >= 0.3 is 5.69 Å². The van der Waals surface area contributed by atoms with Crippen LogP contribution in [0.5, 0.6) is 0 Å². The van der Waals surface area contributed by atoms with Crippen molar-refractivity contribution in [2.45, 2.75) is 58.0 Å². The van der Waals surface area contributed by atoms with E-state index in [-0.39, 0.29) is 17.0 Å². The van der Waals surface area contributed by atoms with Crippen LogP contribution in [0.4, 0.5) is 0 Å². The molecule has 0 amide bonds. The third-order valence-corrected chi connectivity index (χ3v) is 12.8. The Kier molecular flexibility index (Phi) is 8.78. The van der Waals surface area contributed by atoms with Crippen LogP contribution in [0.25, 0.3) is 22.2 Å². The van der Waals surface area contributed by atoms with Crippen molar-refractivity contribution >= 4 is 42.4 Å². The molecular weight excluding hydrogens is 565 g/mol. The van der Waals surface area contributed by atoms with Gasteiger partial charge in [-0.2, -0.15) is 0 Å². The van der Waals surface area contributed by atoms with E-state index >= 15 is 0 Å². The normalized spacial score (nSPS) is 13.1. The lowest BCUT2D eigenvalue weighted by Crippen LogP contribution is -2.42. The Labute approximate surface area is 245 Å². The van der Waals surface area contributed by atoms with Crippen molar-refractivity contribution in [1.29, 1.82) is 0 Å². The Morgan fingerprint density at radius 1 is 1.00 bits per heavy atom. The number of benzene rings is 2. The molecule has 0 saturated carbocycles. The third-order valence-electron chi connectivity index (χ3n) is 7.81. The van der Waals surface area contributed by atoms with Gasteiger partial charge in [-0.05, 0) is 54.4 Å². The van der Waals surface area contributed by atoms with Crippen LogP contribution in [0.15, 0.2) is 64.3 Å². The molecule has 7 nitrogen and oxygen atoms in total. The molecule has 0 aliphatic rings. The van der Waals surface area contributed by atoms with Gasteiger partial charge in [-0.1, -0.05) is 68.2 Å².